The summed E-state index contributed by atoms with van der Waals surface area (Å²) >= 11 is 11.7. The Bertz CT molecular complexity index is 555. The topological polar surface area (TPSA) is 46.9 Å². The van der Waals surface area contributed by atoms with Gasteiger partial charge in [-0.15, -0.1) is 0 Å². The van der Waals surface area contributed by atoms with E-state index >= 15 is 0 Å². The van der Waals surface area contributed by atoms with E-state index in [1.54, 1.807) is 30.7 Å². The van der Waals surface area contributed by atoms with E-state index < -0.39 is 0 Å². The molecule has 1 heterocycles. The Balaban J connectivity index is 1.81. The molecule has 4 nitrogen and oxygen atoms in total. The van der Waals surface area contributed by atoms with Crippen molar-refractivity contribution in [2.45, 2.75) is 13.0 Å². The highest BCUT2D eigenvalue weighted by Crippen LogP contribution is 2.20. The van der Waals surface area contributed by atoms with Gasteiger partial charge in [0.05, 0.1) is 16.9 Å². The molecule has 1 aromatic carbocycles. The number of amides is 1. The van der Waals surface area contributed by atoms with E-state index in [-0.39, 0.29) is 5.91 Å². The largest absolute Gasteiger partial charge is 0.352 e. The first kappa shape index (κ1) is 13.9. The predicted octanol–water partition coefficient (Wildman–Crippen LogP) is 3.01. The first-order valence-electron chi connectivity index (χ1n) is 5.86. The Morgan fingerprint density at radius 2 is 2.21 bits per heavy atom. The van der Waals surface area contributed by atoms with Gasteiger partial charge in [-0.05, 0) is 24.6 Å². The number of benzene rings is 1. The molecule has 2 aromatic rings. The maximum atomic E-state index is 11.9. The van der Waals surface area contributed by atoms with Crippen molar-refractivity contribution in [3.8, 4) is 0 Å². The summed E-state index contributed by atoms with van der Waals surface area (Å²) in [6.07, 6.45) is 6.19. The number of carbonyl (C=O) groups excluding carboxylic acids is 1. The molecule has 0 aliphatic heterocycles. The van der Waals surface area contributed by atoms with Crippen LogP contribution < -0.4 is 5.32 Å². The number of hydrogen-bond donors (Lipinski definition) is 1. The Morgan fingerprint density at radius 3 is 2.89 bits per heavy atom. The molecule has 0 atom stereocenters. The molecule has 0 spiro atoms. The van der Waals surface area contributed by atoms with Crippen LogP contribution in [0.2, 0.25) is 10.0 Å². The van der Waals surface area contributed by atoms with Gasteiger partial charge in [0, 0.05) is 30.5 Å². The number of hydrogen-bond acceptors (Lipinski definition) is 2. The number of nitrogens with one attached hydrogen (secondary N) is 1. The summed E-state index contributed by atoms with van der Waals surface area (Å²) in [6, 6.07) is 4.83. The van der Waals surface area contributed by atoms with Crippen molar-refractivity contribution in [1.82, 2.24) is 14.9 Å². The number of aryl methyl sites for hydroxylation is 1. The lowest BCUT2D eigenvalue weighted by Gasteiger charge is -2.07. The fourth-order valence-corrected chi connectivity index (χ4v) is 2.15. The summed E-state index contributed by atoms with van der Waals surface area (Å²) in [7, 11) is 0. The minimum Gasteiger partial charge on any atom is -0.352 e. The van der Waals surface area contributed by atoms with Crippen LogP contribution in [0.4, 0.5) is 0 Å². The van der Waals surface area contributed by atoms with Crippen LogP contribution in [0.5, 0.6) is 0 Å². The Morgan fingerprint density at radius 1 is 1.37 bits per heavy atom. The Kier molecular flexibility index (Phi) is 4.82. The van der Waals surface area contributed by atoms with Crippen LogP contribution >= 0.6 is 23.2 Å². The highest BCUT2D eigenvalue weighted by atomic mass is 35.5. The van der Waals surface area contributed by atoms with Crippen molar-refractivity contribution in [2.75, 3.05) is 6.54 Å². The third-order valence-corrected chi connectivity index (χ3v) is 3.16. The van der Waals surface area contributed by atoms with Gasteiger partial charge in [0.2, 0.25) is 0 Å². The molecule has 6 heteroatoms. The SMILES string of the molecule is O=C(NCCCn1ccnc1)c1ccc(Cl)cc1Cl. The molecular formula is C13H13Cl2N3O. The standard InChI is InChI=1S/C13H13Cl2N3O/c14-10-2-3-11(12(15)8-10)13(19)17-4-1-6-18-7-5-16-9-18/h2-3,5,7-9H,1,4,6H2,(H,17,19). The molecule has 0 saturated carbocycles. The molecule has 0 fully saturated rings. The van der Waals surface area contributed by atoms with E-state index in [1.165, 1.54) is 0 Å². The van der Waals surface area contributed by atoms with Crippen LogP contribution in [-0.2, 0) is 6.54 Å². The molecule has 0 aliphatic carbocycles. The first-order chi connectivity index (χ1) is 9.16. The maximum absolute atomic E-state index is 11.9. The second kappa shape index (κ2) is 6.59. The molecule has 19 heavy (non-hydrogen) atoms. The number of aromatic nitrogens is 2. The Hall–Kier alpha value is -1.52. The molecular weight excluding hydrogens is 285 g/mol. The minimum absolute atomic E-state index is 0.188. The highest BCUT2D eigenvalue weighted by molar-refractivity contribution is 6.36. The van der Waals surface area contributed by atoms with Gasteiger partial charge in [-0.2, -0.15) is 0 Å². The van der Waals surface area contributed by atoms with Gasteiger partial charge in [-0.3, -0.25) is 4.79 Å². The molecule has 0 unspecified atom stereocenters. The summed E-state index contributed by atoms with van der Waals surface area (Å²) in [5.74, 6) is -0.188. The number of carbonyl (C=O) groups is 1. The normalized spacial score (nSPS) is 10.4. The predicted molar refractivity (Wildman–Crippen MR) is 75.6 cm³/mol. The van der Waals surface area contributed by atoms with Gasteiger partial charge in [0.25, 0.3) is 5.91 Å². The lowest BCUT2D eigenvalue weighted by Crippen LogP contribution is -2.25. The van der Waals surface area contributed by atoms with Crippen LogP contribution in [0, 0.1) is 0 Å². The van der Waals surface area contributed by atoms with Crippen LogP contribution in [0.1, 0.15) is 16.8 Å². The fourth-order valence-electron chi connectivity index (χ4n) is 1.65. The van der Waals surface area contributed by atoms with Crippen molar-refractivity contribution < 1.29 is 4.79 Å². The van der Waals surface area contributed by atoms with Gasteiger partial charge < -0.3 is 9.88 Å². The second-order valence-corrected chi connectivity index (χ2v) is 4.88. The van der Waals surface area contributed by atoms with Crippen molar-refractivity contribution in [2.24, 2.45) is 0 Å². The number of nitrogens with zero attached hydrogens (tertiary/aromatic N) is 2. The molecule has 1 aromatic heterocycles. The van der Waals surface area contributed by atoms with Crippen LogP contribution in [0.15, 0.2) is 36.9 Å². The average molecular weight is 298 g/mol. The van der Waals surface area contributed by atoms with E-state index in [1.807, 2.05) is 10.8 Å². The number of halogens is 2. The van der Waals surface area contributed by atoms with Gasteiger partial charge in [0.1, 0.15) is 0 Å². The van der Waals surface area contributed by atoms with Gasteiger partial charge in [-0.1, -0.05) is 23.2 Å². The molecule has 2 rings (SSSR count). The molecule has 0 radical (unpaired) electrons. The van der Waals surface area contributed by atoms with Crippen LogP contribution in [0.3, 0.4) is 0 Å². The lowest BCUT2D eigenvalue weighted by molar-refractivity contribution is 0.0953. The second-order valence-electron chi connectivity index (χ2n) is 4.03. The van der Waals surface area contributed by atoms with Crippen molar-refractivity contribution >= 4 is 29.1 Å². The Labute approximate surface area is 121 Å². The summed E-state index contributed by atoms with van der Waals surface area (Å²) in [6.45, 7) is 1.39. The molecule has 1 N–H and O–H groups in total. The summed E-state index contributed by atoms with van der Waals surface area (Å²) in [5.41, 5.74) is 0.439. The monoisotopic (exact) mass is 297 g/mol. The molecule has 1 amide bonds. The smallest absolute Gasteiger partial charge is 0.252 e. The maximum Gasteiger partial charge on any atom is 0.252 e. The number of imidazole rings is 1. The zero-order valence-electron chi connectivity index (χ0n) is 10.1. The fraction of sp³-hybridized carbons (Fsp3) is 0.231. The van der Waals surface area contributed by atoms with Crippen molar-refractivity contribution in [3.05, 3.63) is 52.5 Å². The summed E-state index contributed by atoms with van der Waals surface area (Å²) in [5, 5.41) is 3.70. The van der Waals surface area contributed by atoms with Gasteiger partial charge >= 0.3 is 0 Å². The van der Waals surface area contributed by atoms with E-state index in [9.17, 15) is 4.79 Å². The average Bonchev–Trinajstić information content (AvgIpc) is 2.87. The third kappa shape index (κ3) is 3.98. The van der Waals surface area contributed by atoms with Crippen LogP contribution in [-0.4, -0.2) is 22.0 Å². The van der Waals surface area contributed by atoms with Gasteiger partial charge in [0.15, 0.2) is 0 Å². The molecule has 0 aliphatic rings. The van der Waals surface area contributed by atoms with Crippen molar-refractivity contribution in [1.29, 1.82) is 0 Å². The van der Waals surface area contributed by atoms with E-state index in [2.05, 4.69) is 10.3 Å². The minimum atomic E-state index is -0.188. The number of rotatable bonds is 5. The first-order valence-corrected chi connectivity index (χ1v) is 6.61. The van der Waals surface area contributed by atoms with E-state index in [0.29, 0.717) is 22.2 Å². The zero-order valence-corrected chi connectivity index (χ0v) is 11.7. The summed E-state index contributed by atoms with van der Waals surface area (Å²) in [4.78, 5) is 15.8. The zero-order chi connectivity index (χ0) is 13.7. The lowest BCUT2D eigenvalue weighted by atomic mass is 10.2. The van der Waals surface area contributed by atoms with Crippen LogP contribution in [0.25, 0.3) is 0 Å². The highest BCUT2D eigenvalue weighted by Gasteiger charge is 2.09. The summed E-state index contributed by atoms with van der Waals surface area (Å²) < 4.78 is 1.96. The molecule has 100 valence electrons. The molecule has 0 saturated heterocycles. The van der Waals surface area contributed by atoms with Crippen molar-refractivity contribution in [3.63, 3.8) is 0 Å². The van der Waals surface area contributed by atoms with E-state index in [0.717, 1.165) is 13.0 Å². The van der Waals surface area contributed by atoms with E-state index in [4.69, 9.17) is 23.2 Å². The quantitative estimate of drug-likeness (QED) is 0.863. The molecule has 0 bridgehead atoms. The third-order valence-electron chi connectivity index (χ3n) is 2.61. The van der Waals surface area contributed by atoms with Gasteiger partial charge in [-0.25, -0.2) is 4.98 Å².